The van der Waals surface area contributed by atoms with E-state index in [-0.39, 0.29) is 0 Å². The van der Waals surface area contributed by atoms with E-state index in [1.165, 1.54) is 21.1 Å². The Hall–Kier alpha value is -2.34. The Morgan fingerprint density at radius 2 is 1.89 bits per heavy atom. The van der Waals surface area contributed by atoms with Crippen molar-refractivity contribution >= 4 is 23.0 Å². The summed E-state index contributed by atoms with van der Waals surface area (Å²) in [7, 11) is 0. The van der Waals surface area contributed by atoms with Gasteiger partial charge in [0.2, 0.25) is 0 Å². The number of hydrogen-bond donors (Lipinski definition) is 2. The van der Waals surface area contributed by atoms with Crippen molar-refractivity contribution in [3.05, 3.63) is 57.6 Å². The first kappa shape index (κ1) is 19.4. The molecule has 1 aliphatic rings. The summed E-state index contributed by atoms with van der Waals surface area (Å²) in [5, 5.41) is 7.91. The van der Waals surface area contributed by atoms with Crippen LogP contribution in [0.25, 0.3) is 0 Å². The van der Waals surface area contributed by atoms with Gasteiger partial charge < -0.3 is 15.5 Å². The molecule has 27 heavy (non-hydrogen) atoms. The van der Waals surface area contributed by atoms with Gasteiger partial charge in [0.25, 0.3) is 0 Å². The predicted octanol–water partition coefficient (Wildman–Crippen LogP) is 3.43. The maximum absolute atomic E-state index is 4.72. The summed E-state index contributed by atoms with van der Waals surface area (Å²) in [4.78, 5) is 13.0. The number of nitrogens with one attached hydrogen (secondary N) is 2. The largest absolute Gasteiger partial charge is 0.364 e. The van der Waals surface area contributed by atoms with Crippen LogP contribution in [-0.2, 0) is 13.0 Å². The Morgan fingerprint density at radius 1 is 1.15 bits per heavy atom. The van der Waals surface area contributed by atoms with Crippen molar-refractivity contribution in [2.24, 2.45) is 4.99 Å². The van der Waals surface area contributed by atoms with Crippen LogP contribution in [0.4, 0.5) is 5.69 Å². The van der Waals surface area contributed by atoms with Gasteiger partial charge in [-0.15, -0.1) is 11.3 Å². The Kier molecular flexibility index (Phi) is 6.87. The van der Waals surface area contributed by atoms with Crippen molar-refractivity contribution in [1.29, 1.82) is 0 Å². The number of anilines is 1. The van der Waals surface area contributed by atoms with Gasteiger partial charge in [0, 0.05) is 43.2 Å². The van der Waals surface area contributed by atoms with E-state index >= 15 is 0 Å². The maximum Gasteiger partial charge on any atom is 0.191 e. The van der Waals surface area contributed by atoms with E-state index in [0.717, 1.165) is 44.3 Å². The van der Waals surface area contributed by atoms with Crippen molar-refractivity contribution in [2.45, 2.75) is 33.7 Å². The predicted molar refractivity (Wildman–Crippen MR) is 116 cm³/mol. The van der Waals surface area contributed by atoms with Gasteiger partial charge in [0.15, 0.2) is 5.96 Å². The molecule has 6 heteroatoms. The molecule has 0 saturated carbocycles. The molecule has 0 fully saturated rings. The summed E-state index contributed by atoms with van der Waals surface area (Å²) in [6.07, 6.45) is 5.34. The second-order valence-corrected chi connectivity index (χ2v) is 7.95. The van der Waals surface area contributed by atoms with Crippen molar-refractivity contribution in [1.82, 2.24) is 15.6 Å². The van der Waals surface area contributed by atoms with Crippen molar-refractivity contribution in [3.8, 4) is 0 Å². The molecule has 3 rings (SSSR count). The molecule has 0 radical (unpaired) electrons. The summed E-state index contributed by atoms with van der Waals surface area (Å²) in [6, 6.07) is 8.71. The molecule has 0 amide bonds. The van der Waals surface area contributed by atoms with Crippen LogP contribution in [0.15, 0.2) is 41.4 Å². The number of rotatable bonds is 7. The van der Waals surface area contributed by atoms with Crippen LogP contribution in [0.1, 0.15) is 28.1 Å². The lowest BCUT2D eigenvalue weighted by atomic mass is 10.2. The van der Waals surface area contributed by atoms with E-state index in [9.17, 15) is 0 Å². The highest BCUT2D eigenvalue weighted by Gasteiger charge is 2.07. The highest BCUT2D eigenvalue weighted by molar-refractivity contribution is 7.11. The van der Waals surface area contributed by atoms with Gasteiger partial charge in [0.05, 0.1) is 17.2 Å². The average molecular weight is 384 g/mol. The smallest absolute Gasteiger partial charge is 0.191 e. The average Bonchev–Trinajstić information content (AvgIpc) is 3.31. The van der Waals surface area contributed by atoms with Crippen LogP contribution in [0.3, 0.4) is 0 Å². The molecule has 2 aromatic rings. The number of aryl methyl sites for hydroxylation is 2. The van der Waals surface area contributed by atoms with E-state index in [0.29, 0.717) is 6.54 Å². The fourth-order valence-electron chi connectivity index (χ4n) is 2.95. The standard InChI is InChI=1S/C21H29N5S/c1-4-22-21(23-12-11-20-25-16(2)17(3)27-20)24-15-18-7-9-19(10-8-18)26-13-5-6-14-26/h5-10H,4,11-15H2,1-3H3,(H2,22,23,24). The Morgan fingerprint density at radius 3 is 2.52 bits per heavy atom. The number of thiazole rings is 1. The summed E-state index contributed by atoms with van der Waals surface area (Å²) in [5.74, 6) is 0.857. The SMILES string of the molecule is CCNC(=NCc1ccc(N2CC=CC2)cc1)NCCc1nc(C)c(C)s1. The van der Waals surface area contributed by atoms with Crippen LogP contribution in [-0.4, -0.2) is 37.1 Å². The molecule has 0 saturated heterocycles. The number of aromatic nitrogens is 1. The molecule has 0 spiro atoms. The first-order chi connectivity index (χ1) is 13.2. The third-order valence-electron chi connectivity index (χ3n) is 4.59. The second-order valence-electron chi connectivity index (χ2n) is 6.66. The first-order valence-electron chi connectivity index (χ1n) is 9.59. The fraction of sp³-hybridized carbons (Fsp3) is 0.429. The highest BCUT2D eigenvalue weighted by atomic mass is 32.1. The van der Waals surface area contributed by atoms with Crippen LogP contribution >= 0.6 is 11.3 Å². The molecule has 0 bridgehead atoms. The summed E-state index contributed by atoms with van der Waals surface area (Å²) in [5.41, 5.74) is 3.63. The zero-order valence-electron chi connectivity index (χ0n) is 16.5. The minimum atomic E-state index is 0.670. The third kappa shape index (κ3) is 5.57. The summed E-state index contributed by atoms with van der Waals surface area (Å²) in [6.45, 7) is 10.6. The van der Waals surface area contributed by atoms with E-state index in [1.807, 2.05) is 0 Å². The van der Waals surface area contributed by atoms with E-state index in [4.69, 9.17) is 4.99 Å². The number of guanidine groups is 1. The van der Waals surface area contributed by atoms with Crippen molar-refractivity contribution in [2.75, 3.05) is 31.1 Å². The van der Waals surface area contributed by atoms with Gasteiger partial charge in [-0.05, 0) is 38.5 Å². The summed E-state index contributed by atoms with van der Waals surface area (Å²) < 4.78 is 0. The third-order valence-corrected chi connectivity index (χ3v) is 5.72. The molecule has 0 atom stereocenters. The second kappa shape index (κ2) is 9.55. The zero-order valence-corrected chi connectivity index (χ0v) is 17.3. The Labute approximate surface area is 166 Å². The van der Waals surface area contributed by atoms with Gasteiger partial charge in [-0.2, -0.15) is 0 Å². The number of hydrogen-bond acceptors (Lipinski definition) is 4. The van der Waals surface area contributed by atoms with Gasteiger partial charge >= 0.3 is 0 Å². The fourth-order valence-corrected chi connectivity index (χ4v) is 3.88. The lowest BCUT2D eigenvalue weighted by Crippen LogP contribution is -2.38. The van der Waals surface area contributed by atoms with Crippen molar-refractivity contribution < 1.29 is 0 Å². The molecule has 144 valence electrons. The molecule has 2 heterocycles. The maximum atomic E-state index is 4.72. The normalized spacial score (nSPS) is 14.0. The van der Waals surface area contributed by atoms with Crippen molar-refractivity contribution in [3.63, 3.8) is 0 Å². The van der Waals surface area contributed by atoms with E-state index in [2.05, 4.69) is 77.7 Å². The van der Waals surface area contributed by atoms with Crippen LogP contribution in [0, 0.1) is 13.8 Å². The van der Waals surface area contributed by atoms with Gasteiger partial charge in [-0.25, -0.2) is 9.98 Å². The molecular formula is C21H29N5S. The molecule has 0 aliphatic carbocycles. The Balaban J connectivity index is 1.51. The van der Waals surface area contributed by atoms with E-state index in [1.54, 1.807) is 11.3 Å². The van der Waals surface area contributed by atoms with Gasteiger partial charge in [0.1, 0.15) is 0 Å². The number of nitrogens with zero attached hydrogens (tertiary/aromatic N) is 3. The molecule has 1 aliphatic heterocycles. The lowest BCUT2D eigenvalue weighted by Gasteiger charge is -2.17. The molecule has 1 aromatic heterocycles. The van der Waals surface area contributed by atoms with Crippen LogP contribution in [0.2, 0.25) is 0 Å². The monoisotopic (exact) mass is 383 g/mol. The highest BCUT2D eigenvalue weighted by Crippen LogP contribution is 2.18. The topological polar surface area (TPSA) is 52.6 Å². The Bertz CT molecular complexity index is 764. The minimum Gasteiger partial charge on any atom is -0.364 e. The van der Waals surface area contributed by atoms with Crippen LogP contribution < -0.4 is 15.5 Å². The lowest BCUT2D eigenvalue weighted by molar-refractivity contribution is 0.795. The molecule has 1 aromatic carbocycles. The quantitative estimate of drug-likeness (QED) is 0.437. The van der Waals surface area contributed by atoms with Gasteiger partial charge in [-0.1, -0.05) is 24.3 Å². The molecule has 0 unspecified atom stereocenters. The number of benzene rings is 1. The van der Waals surface area contributed by atoms with Crippen LogP contribution in [0.5, 0.6) is 0 Å². The molecular weight excluding hydrogens is 354 g/mol. The number of aliphatic imine (C=N–C) groups is 1. The first-order valence-corrected chi connectivity index (χ1v) is 10.4. The minimum absolute atomic E-state index is 0.670. The van der Waals surface area contributed by atoms with Gasteiger partial charge in [-0.3, -0.25) is 0 Å². The zero-order chi connectivity index (χ0) is 19.1. The summed E-state index contributed by atoms with van der Waals surface area (Å²) >= 11 is 1.78. The van der Waals surface area contributed by atoms with E-state index < -0.39 is 0 Å². The molecule has 5 nitrogen and oxygen atoms in total. The molecule has 2 N–H and O–H groups in total.